The summed E-state index contributed by atoms with van der Waals surface area (Å²) in [4.78, 5) is 10.6. The lowest BCUT2D eigenvalue weighted by Crippen LogP contribution is -2.27. The number of amides is 1. The third-order valence-electron chi connectivity index (χ3n) is 1.65. The number of anilines is 1. The quantitative estimate of drug-likeness (QED) is 0.722. The monoisotopic (exact) mass is 228 g/mol. The van der Waals surface area contributed by atoms with E-state index >= 15 is 0 Å². The molecule has 74 valence electrons. The number of carbonyl (C=O) groups excluding carboxylic acids is 1. The zero-order chi connectivity index (χ0) is 10.7. The lowest BCUT2D eigenvalue weighted by molar-refractivity contribution is -0.111. The number of halogens is 1. The van der Waals surface area contributed by atoms with Gasteiger partial charge in [0, 0.05) is 10.7 Å². The van der Waals surface area contributed by atoms with Crippen LogP contribution in [0.3, 0.4) is 0 Å². The van der Waals surface area contributed by atoms with E-state index in [2.05, 4.69) is 5.32 Å². The Morgan fingerprint density at radius 3 is 2.71 bits per heavy atom. The Morgan fingerprint density at radius 2 is 2.21 bits per heavy atom. The van der Waals surface area contributed by atoms with Crippen molar-refractivity contribution in [1.82, 2.24) is 0 Å². The Balaban J connectivity index is 2.83. The largest absolute Gasteiger partial charge is 0.364 e. The van der Waals surface area contributed by atoms with Gasteiger partial charge < -0.3 is 11.1 Å². The lowest BCUT2D eigenvalue weighted by Gasteiger charge is -2.06. The van der Waals surface area contributed by atoms with E-state index < -0.39 is 5.91 Å². The fourth-order valence-corrected chi connectivity index (χ4v) is 1.16. The Morgan fingerprint density at radius 1 is 1.57 bits per heavy atom. The SMILES string of the molecule is Cc1ccc(NC(=S)C(N)=O)cc1Cl. The molecule has 0 saturated carbocycles. The number of carbonyl (C=O) groups is 1. The molecule has 0 fully saturated rings. The molecule has 0 aliphatic heterocycles. The van der Waals surface area contributed by atoms with Crippen LogP contribution < -0.4 is 11.1 Å². The van der Waals surface area contributed by atoms with Crippen LogP contribution in [0.15, 0.2) is 18.2 Å². The molecule has 0 saturated heterocycles. The predicted octanol–water partition coefficient (Wildman–Crippen LogP) is 1.87. The zero-order valence-electron chi connectivity index (χ0n) is 7.50. The Hall–Kier alpha value is -1.13. The van der Waals surface area contributed by atoms with Crippen molar-refractivity contribution in [1.29, 1.82) is 0 Å². The zero-order valence-corrected chi connectivity index (χ0v) is 9.08. The molecular weight excluding hydrogens is 220 g/mol. The first-order valence-electron chi connectivity index (χ1n) is 3.87. The van der Waals surface area contributed by atoms with Gasteiger partial charge in [-0.2, -0.15) is 0 Å². The van der Waals surface area contributed by atoms with Gasteiger partial charge in [0.15, 0.2) is 4.99 Å². The lowest BCUT2D eigenvalue weighted by atomic mass is 10.2. The van der Waals surface area contributed by atoms with Crippen molar-refractivity contribution in [2.75, 3.05) is 5.32 Å². The molecule has 14 heavy (non-hydrogen) atoms. The summed E-state index contributed by atoms with van der Waals surface area (Å²) in [5.74, 6) is -0.656. The van der Waals surface area contributed by atoms with Gasteiger partial charge in [-0.05, 0) is 24.6 Å². The number of hydrogen-bond donors (Lipinski definition) is 2. The van der Waals surface area contributed by atoms with Gasteiger partial charge in [-0.15, -0.1) is 0 Å². The molecule has 0 bridgehead atoms. The number of primary amides is 1. The first kappa shape index (κ1) is 10.9. The van der Waals surface area contributed by atoms with Crippen LogP contribution in [0.5, 0.6) is 0 Å². The van der Waals surface area contributed by atoms with Gasteiger partial charge in [-0.3, -0.25) is 4.79 Å². The van der Waals surface area contributed by atoms with Crippen molar-refractivity contribution in [3.63, 3.8) is 0 Å². The van der Waals surface area contributed by atoms with Crippen molar-refractivity contribution in [3.8, 4) is 0 Å². The third-order valence-corrected chi connectivity index (χ3v) is 2.36. The number of aryl methyl sites for hydroxylation is 1. The van der Waals surface area contributed by atoms with Crippen LogP contribution in [-0.2, 0) is 4.79 Å². The second kappa shape index (κ2) is 4.39. The van der Waals surface area contributed by atoms with Crippen LogP contribution in [0.2, 0.25) is 5.02 Å². The molecule has 0 unspecified atom stereocenters. The molecule has 0 radical (unpaired) electrons. The van der Waals surface area contributed by atoms with Gasteiger partial charge in [-0.1, -0.05) is 29.9 Å². The molecule has 1 rings (SSSR count). The van der Waals surface area contributed by atoms with E-state index in [9.17, 15) is 4.79 Å². The van der Waals surface area contributed by atoms with Crippen LogP contribution in [0.1, 0.15) is 5.56 Å². The molecule has 0 heterocycles. The predicted molar refractivity (Wildman–Crippen MR) is 61.6 cm³/mol. The van der Waals surface area contributed by atoms with Crippen LogP contribution >= 0.6 is 23.8 Å². The van der Waals surface area contributed by atoms with E-state index in [1.807, 2.05) is 13.0 Å². The van der Waals surface area contributed by atoms with Crippen LogP contribution in [-0.4, -0.2) is 10.9 Å². The van der Waals surface area contributed by atoms with Crippen molar-refractivity contribution in [2.24, 2.45) is 5.73 Å². The van der Waals surface area contributed by atoms with Gasteiger partial charge in [0.25, 0.3) is 5.91 Å². The molecule has 3 nitrogen and oxygen atoms in total. The number of rotatable bonds is 1. The number of benzene rings is 1. The maximum atomic E-state index is 10.6. The van der Waals surface area contributed by atoms with E-state index in [-0.39, 0.29) is 4.99 Å². The third kappa shape index (κ3) is 2.68. The maximum absolute atomic E-state index is 10.6. The van der Waals surface area contributed by atoms with Gasteiger partial charge in [0.2, 0.25) is 0 Å². The van der Waals surface area contributed by atoms with Gasteiger partial charge in [-0.25, -0.2) is 0 Å². The summed E-state index contributed by atoms with van der Waals surface area (Å²) in [7, 11) is 0. The normalized spacial score (nSPS) is 9.57. The molecule has 1 aromatic rings. The van der Waals surface area contributed by atoms with Crippen molar-refractivity contribution in [3.05, 3.63) is 28.8 Å². The molecular formula is C9H9ClN2OS. The first-order valence-corrected chi connectivity index (χ1v) is 4.66. The second-order valence-corrected chi connectivity index (χ2v) is 3.60. The number of nitrogens with two attached hydrogens (primary N) is 1. The molecule has 0 atom stereocenters. The van der Waals surface area contributed by atoms with Gasteiger partial charge in [0.05, 0.1) is 0 Å². The van der Waals surface area contributed by atoms with Crippen LogP contribution in [0.4, 0.5) is 5.69 Å². The topological polar surface area (TPSA) is 55.1 Å². The molecule has 0 aliphatic rings. The Labute approximate surface area is 92.2 Å². The van der Waals surface area contributed by atoms with Crippen LogP contribution in [0.25, 0.3) is 0 Å². The molecule has 3 N–H and O–H groups in total. The minimum atomic E-state index is -0.656. The Kier molecular flexibility index (Phi) is 3.43. The minimum Gasteiger partial charge on any atom is -0.364 e. The fraction of sp³-hybridized carbons (Fsp3) is 0.111. The van der Waals surface area contributed by atoms with E-state index in [0.29, 0.717) is 10.7 Å². The van der Waals surface area contributed by atoms with Crippen molar-refractivity contribution in [2.45, 2.75) is 6.92 Å². The van der Waals surface area contributed by atoms with E-state index in [1.54, 1.807) is 12.1 Å². The second-order valence-electron chi connectivity index (χ2n) is 2.78. The van der Waals surface area contributed by atoms with E-state index in [0.717, 1.165) is 5.56 Å². The molecule has 1 aromatic carbocycles. The molecule has 0 aromatic heterocycles. The highest BCUT2D eigenvalue weighted by Crippen LogP contribution is 2.19. The van der Waals surface area contributed by atoms with Gasteiger partial charge >= 0.3 is 0 Å². The average molecular weight is 229 g/mol. The molecule has 0 spiro atoms. The Bertz CT molecular complexity index is 392. The summed E-state index contributed by atoms with van der Waals surface area (Å²) >= 11 is 10.6. The smallest absolute Gasteiger partial charge is 0.276 e. The number of nitrogens with one attached hydrogen (secondary N) is 1. The fourth-order valence-electron chi connectivity index (χ4n) is 0.863. The van der Waals surface area contributed by atoms with E-state index in [1.165, 1.54) is 0 Å². The molecule has 5 heteroatoms. The molecule has 0 aliphatic carbocycles. The number of thiocarbonyl (C=S) groups is 1. The summed E-state index contributed by atoms with van der Waals surface area (Å²) in [5, 5.41) is 3.30. The molecule has 1 amide bonds. The number of hydrogen-bond acceptors (Lipinski definition) is 2. The minimum absolute atomic E-state index is 0.0232. The summed E-state index contributed by atoms with van der Waals surface area (Å²) in [5.41, 5.74) is 6.59. The van der Waals surface area contributed by atoms with Crippen molar-refractivity contribution >= 4 is 40.4 Å². The van der Waals surface area contributed by atoms with E-state index in [4.69, 9.17) is 29.6 Å². The highest BCUT2D eigenvalue weighted by atomic mass is 35.5. The van der Waals surface area contributed by atoms with Crippen molar-refractivity contribution < 1.29 is 4.79 Å². The highest BCUT2D eigenvalue weighted by Gasteiger charge is 2.04. The van der Waals surface area contributed by atoms with Crippen LogP contribution in [0, 0.1) is 6.92 Å². The van der Waals surface area contributed by atoms with Gasteiger partial charge in [0.1, 0.15) is 0 Å². The summed E-state index contributed by atoms with van der Waals surface area (Å²) in [6.07, 6.45) is 0. The maximum Gasteiger partial charge on any atom is 0.276 e. The average Bonchev–Trinajstić information content (AvgIpc) is 2.11. The summed E-state index contributed by atoms with van der Waals surface area (Å²) in [6.45, 7) is 1.89. The highest BCUT2D eigenvalue weighted by molar-refractivity contribution is 7.82. The summed E-state index contributed by atoms with van der Waals surface area (Å²) in [6, 6.07) is 5.29. The standard InChI is InChI=1S/C9H9ClN2OS/c1-5-2-3-6(4-7(5)10)12-9(14)8(11)13/h2-4H,1H3,(H2,11,13)(H,12,14). The summed E-state index contributed by atoms with van der Waals surface area (Å²) < 4.78 is 0. The first-order chi connectivity index (χ1) is 6.50.